The van der Waals surface area contributed by atoms with Gasteiger partial charge in [0.25, 0.3) is 10.0 Å². The van der Waals surface area contributed by atoms with Crippen molar-refractivity contribution in [3.05, 3.63) is 77.7 Å². The van der Waals surface area contributed by atoms with Gasteiger partial charge in [0.1, 0.15) is 0 Å². The summed E-state index contributed by atoms with van der Waals surface area (Å²) in [7, 11) is -3.84. The summed E-state index contributed by atoms with van der Waals surface area (Å²) in [6.07, 6.45) is 2.83. The molecule has 0 spiro atoms. The van der Waals surface area contributed by atoms with E-state index in [1.807, 2.05) is 30.5 Å². The van der Waals surface area contributed by atoms with Crippen LogP contribution in [0.5, 0.6) is 0 Å². The Hall–Kier alpha value is -3.72. The van der Waals surface area contributed by atoms with Crippen LogP contribution >= 0.6 is 0 Å². The zero-order chi connectivity index (χ0) is 22.7. The molecule has 0 aliphatic carbocycles. The molecule has 0 bridgehead atoms. The number of amides is 1. The minimum Gasteiger partial charge on any atom is -0.361 e. The van der Waals surface area contributed by atoms with Crippen LogP contribution in [-0.2, 0) is 21.2 Å². The number of para-hydroxylation sites is 1. The first-order valence-electron chi connectivity index (χ1n) is 10.1. The first-order chi connectivity index (χ1) is 15.3. The minimum atomic E-state index is -3.84. The summed E-state index contributed by atoms with van der Waals surface area (Å²) in [5.41, 5.74) is 3.98. The van der Waals surface area contributed by atoms with E-state index >= 15 is 0 Å². The van der Waals surface area contributed by atoms with E-state index in [1.165, 1.54) is 12.1 Å². The second kappa shape index (κ2) is 8.80. The normalized spacial score (nSPS) is 11.4. The second-order valence-electron chi connectivity index (χ2n) is 7.51. The lowest BCUT2D eigenvalue weighted by atomic mass is 10.1. The van der Waals surface area contributed by atoms with Crippen molar-refractivity contribution >= 4 is 38.5 Å². The Morgan fingerprint density at radius 2 is 1.69 bits per heavy atom. The number of hydrogen-bond acceptors (Lipinski definition) is 5. The first-order valence-corrected chi connectivity index (χ1v) is 11.6. The third-order valence-corrected chi connectivity index (χ3v) is 6.30. The van der Waals surface area contributed by atoms with Crippen LogP contribution in [0, 0.1) is 13.8 Å². The SMILES string of the molecule is Cc1cc(C)nc(NS(=O)(=O)c2ccc(NC(=O)CCc3c[nH]c4ccccc34)cc2)n1. The zero-order valence-corrected chi connectivity index (χ0v) is 18.5. The van der Waals surface area contributed by atoms with Gasteiger partial charge in [-0.05, 0) is 62.2 Å². The van der Waals surface area contributed by atoms with Gasteiger partial charge in [0.2, 0.25) is 11.9 Å². The van der Waals surface area contributed by atoms with Crippen LogP contribution in [0.1, 0.15) is 23.4 Å². The highest BCUT2D eigenvalue weighted by molar-refractivity contribution is 7.92. The predicted octanol–water partition coefficient (Wildman–Crippen LogP) is 3.95. The van der Waals surface area contributed by atoms with E-state index in [4.69, 9.17) is 0 Å². The van der Waals surface area contributed by atoms with Crippen LogP contribution in [0.2, 0.25) is 0 Å². The van der Waals surface area contributed by atoms with Gasteiger partial charge in [0.15, 0.2) is 0 Å². The van der Waals surface area contributed by atoms with Gasteiger partial charge in [-0.25, -0.2) is 23.1 Å². The number of anilines is 2. The molecule has 2 aromatic heterocycles. The fourth-order valence-electron chi connectivity index (χ4n) is 3.48. The molecule has 32 heavy (non-hydrogen) atoms. The van der Waals surface area contributed by atoms with E-state index in [-0.39, 0.29) is 16.8 Å². The Bertz CT molecular complexity index is 1360. The summed E-state index contributed by atoms with van der Waals surface area (Å²) < 4.78 is 27.6. The molecule has 3 N–H and O–H groups in total. The summed E-state index contributed by atoms with van der Waals surface area (Å²) in [6, 6.07) is 15.7. The number of sulfonamides is 1. The smallest absolute Gasteiger partial charge is 0.264 e. The molecule has 8 nitrogen and oxygen atoms in total. The average Bonchev–Trinajstić information content (AvgIpc) is 3.15. The van der Waals surface area contributed by atoms with E-state index in [1.54, 1.807) is 32.0 Å². The van der Waals surface area contributed by atoms with E-state index in [9.17, 15) is 13.2 Å². The maximum Gasteiger partial charge on any atom is 0.264 e. The molecule has 0 aliphatic rings. The highest BCUT2D eigenvalue weighted by Gasteiger charge is 2.16. The number of hydrogen-bond donors (Lipinski definition) is 3. The Balaban J connectivity index is 1.38. The Labute approximate surface area is 186 Å². The molecule has 4 rings (SSSR count). The molecule has 0 saturated heterocycles. The number of aromatic nitrogens is 3. The quantitative estimate of drug-likeness (QED) is 0.395. The average molecular weight is 450 g/mol. The van der Waals surface area contributed by atoms with Gasteiger partial charge in [0.05, 0.1) is 4.90 Å². The van der Waals surface area contributed by atoms with Crippen molar-refractivity contribution in [3.63, 3.8) is 0 Å². The minimum absolute atomic E-state index is 0.0251. The molecule has 9 heteroatoms. The van der Waals surface area contributed by atoms with E-state index in [0.717, 1.165) is 16.5 Å². The van der Waals surface area contributed by atoms with Crippen molar-refractivity contribution in [2.45, 2.75) is 31.6 Å². The molecule has 164 valence electrons. The third kappa shape index (κ3) is 4.94. The largest absolute Gasteiger partial charge is 0.361 e. The van der Waals surface area contributed by atoms with E-state index in [2.05, 4.69) is 25.0 Å². The van der Waals surface area contributed by atoms with Gasteiger partial charge in [-0.2, -0.15) is 0 Å². The van der Waals surface area contributed by atoms with Gasteiger partial charge < -0.3 is 10.3 Å². The number of nitrogens with one attached hydrogen (secondary N) is 3. The second-order valence-corrected chi connectivity index (χ2v) is 9.19. The number of carbonyl (C=O) groups excluding carboxylic acids is 1. The molecule has 2 aromatic carbocycles. The van der Waals surface area contributed by atoms with Crippen molar-refractivity contribution < 1.29 is 13.2 Å². The summed E-state index contributed by atoms with van der Waals surface area (Å²) >= 11 is 0. The fraction of sp³-hybridized carbons (Fsp3) is 0.174. The van der Waals surface area contributed by atoms with Crippen LogP contribution in [0.3, 0.4) is 0 Å². The fourth-order valence-corrected chi connectivity index (χ4v) is 4.42. The molecule has 4 aromatic rings. The lowest BCUT2D eigenvalue weighted by Gasteiger charge is -2.09. The maximum atomic E-state index is 12.6. The predicted molar refractivity (Wildman–Crippen MR) is 124 cm³/mol. The standard InChI is InChI=1S/C23H23N5O3S/c1-15-13-16(2)26-23(25-15)28-32(30,31)19-10-8-18(9-11-19)27-22(29)12-7-17-14-24-21-6-4-3-5-20(17)21/h3-6,8-11,13-14,24H,7,12H2,1-2H3,(H,27,29)(H,25,26,28). The van der Waals surface area contributed by atoms with Crippen LogP contribution < -0.4 is 10.0 Å². The Morgan fingerprint density at radius 1 is 1.00 bits per heavy atom. The highest BCUT2D eigenvalue weighted by atomic mass is 32.2. The van der Waals surface area contributed by atoms with Crippen LogP contribution in [0.4, 0.5) is 11.6 Å². The van der Waals surface area contributed by atoms with Gasteiger partial charge >= 0.3 is 0 Å². The van der Waals surface area contributed by atoms with Crippen molar-refractivity contribution in [3.8, 4) is 0 Å². The number of aromatic amines is 1. The lowest BCUT2D eigenvalue weighted by Crippen LogP contribution is -2.16. The van der Waals surface area contributed by atoms with Crippen LogP contribution in [-0.4, -0.2) is 29.3 Å². The van der Waals surface area contributed by atoms with Crippen LogP contribution in [0.15, 0.2) is 65.7 Å². The molecule has 0 fully saturated rings. The number of nitrogens with zero attached hydrogens (tertiary/aromatic N) is 2. The van der Waals surface area contributed by atoms with Crippen molar-refractivity contribution in [2.24, 2.45) is 0 Å². The topological polar surface area (TPSA) is 117 Å². The summed E-state index contributed by atoms with van der Waals surface area (Å²) in [6.45, 7) is 3.53. The summed E-state index contributed by atoms with van der Waals surface area (Å²) in [5.74, 6) is -0.121. The molecule has 0 radical (unpaired) electrons. The lowest BCUT2D eigenvalue weighted by molar-refractivity contribution is -0.116. The van der Waals surface area contributed by atoms with Gasteiger partial charge in [-0.3, -0.25) is 4.79 Å². The van der Waals surface area contributed by atoms with Crippen LogP contribution in [0.25, 0.3) is 10.9 Å². The van der Waals surface area contributed by atoms with E-state index in [0.29, 0.717) is 29.9 Å². The maximum absolute atomic E-state index is 12.6. The molecule has 0 unspecified atom stereocenters. The van der Waals surface area contributed by atoms with Crippen molar-refractivity contribution in [1.29, 1.82) is 0 Å². The van der Waals surface area contributed by atoms with Crippen molar-refractivity contribution in [1.82, 2.24) is 15.0 Å². The monoisotopic (exact) mass is 449 g/mol. The Morgan fingerprint density at radius 3 is 2.41 bits per heavy atom. The van der Waals surface area contributed by atoms with Crippen molar-refractivity contribution in [2.75, 3.05) is 10.0 Å². The summed E-state index contributed by atoms with van der Waals surface area (Å²) in [4.78, 5) is 23.8. The molecule has 0 aliphatic heterocycles. The number of aryl methyl sites for hydroxylation is 3. The zero-order valence-electron chi connectivity index (χ0n) is 17.7. The molecule has 1 amide bonds. The van der Waals surface area contributed by atoms with E-state index < -0.39 is 10.0 Å². The number of fused-ring (bicyclic) bond motifs is 1. The molecule has 0 saturated carbocycles. The first kappa shape index (κ1) is 21.5. The Kier molecular flexibility index (Phi) is 5.91. The highest BCUT2D eigenvalue weighted by Crippen LogP contribution is 2.20. The molecule has 2 heterocycles. The number of rotatable bonds is 7. The summed E-state index contributed by atoms with van der Waals surface area (Å²) in [5, 5.41) is 3.91. The van der Waals surface area contributed by atoms with Gasteiger partial charge in [0, 0.05) is 40.6 Å². The third-order valence-electron chi connectivity index (χ3n) is 4.95. The molecule has 0 atom stereocenters. The number of carbonyl (C=O) groups is 1. The number of H-pyrrole nitrogens is 1. The molecular weight excluding hydrogens is 426 g/mol. The van der Waals surface area contributed by atoms with Gasteiger partial charge in [-0.1, -0.05) is 18.2 Å². The number of benzene rings is 2. The molecular formula is C23H23N5O3S. The van der Waals surface area contributed by atoms with Gasteiger partial charge in [-0.15, -0.1) is 0 Å².